The normalized spacial score (nSPS) is 10.3. The van der Waals surface area contributed by atoms with Crippen LogP contribution in [0.4, 0.5) is 0 Å². The Morgan fingerprint density at radius 2 is 1.79 bits per heavy atom. The van der Waals surface area contributed by atoms with Crippen molar-refractivity contribution in [1.29, 1.82) is 0 Å². The van der Waals surface area contributed by atoms with Crippen LogP contribution in [0.15, 0.2) is 47.0 Å². The maximum Gasteiger partial charge on any atom is 0.273 e. The number of para-hydroxylation sites is 1. The molecule has 0 fully saturated rings. The molecule has 0 aliphatic rings. The molecule has 0 saturated heterocycles. The van der Waals surface area contributed by atoms with Gasteiger partial charge in [0.1, 0.15) is 11.5 Å². The second-order valence-electron chi connectivity index (χ2n) is 5.77. The van der Waals surface area contributed by atoms with E-state index in [1.807, 2.05) is 0 Å². The van der Waals surface area contributed by atoms with Gasteiger partial charge >= 0.3 is 0 Å². The first-order chi connectivity index (χ1) is 14.0. The lowest BCUT2D eigenvalue weighted by molar-refractivity contribution is 0.0842. The quantitative estimate of drug-likeness (QED) is 0.593. The van der Waals surface area contributed by atoms with Gasteiger partial charge in [0.2, 0.25) is 11.7 Å². The number of nitrogens with zero attached hydrogens (tertiary/aromatic N) is 2. The molecule has 9 nitrogen and oxygen atoms in total. The van der Waals surface area contributed by atoms with E-state index in [9.17, 15) is 9.59 Å². The highest BCUT2D eigenvalue weighted by Crippen LogP contribution is 2.22. The Labute approximate surface area is 170 Å². The molecule has 29 heavy (non-hydrogen) atoms. The zero-order chi connectivity index (χ0) is 20.8. The minimum absolute atomic E-state index is 0.0215. The molecule has 0 saturated carbocycles. The number of ether oxygens (including phenoxy) is 2. The number of carbonyl (C=O) groups excluding carboxylic acids is 2. The van der Waals surface area contributed by atoms with Crippen molar-refractivity contribution in [3.05, 3.63) is 70.3 Å². The summed E-state index contributed by atoms with van der Waals surface area (Å²) < 4.78 is 15.6. The molecule has 1 heterocycles. The highest BCUT2D eigenvalue weighted by atomic mass is 35.5. The van der Waals surface area contributed by atoms with Gasteiger partial charge in [-0.25, -0.2) is 0 Å². The van der Waals surface area contributed by atoms with Crippen molar-refractivity contribution < 1.29 is 23.6 Å². The summed E-state index contributed by atoms with van der Waals surface area (Å²) in [5, 5.41) is 4.09. The molecule has 1 aromatic heterocycles. The third-order valence-electron chi connectivity index (χ3n) is 3.75. The fourth-order valence-electron chi connectivity index (χ4n) is 2.43. The topological polar surface area (TPSA) is 116 Å². The van der Waals surface area contributed by atoms with E-state index in [1.165, 1.54) is 13.2 Å². The Hall–Kier alpha value is -3.59. The van der Waals surface area contributed by atoms with Gasteiger partial charge in [0.25, 0.3) is 11.8 Å². The lowest BCUT2D eigenvalue weighted by Crippen LogP contribution is -2.41. The number of aryl methyl sites for hydroxylation is 1. The molecule has 3 aromatic rings. The predicted octanol–water partition coefficient (Wildman–Crippen LogP) is 2.69. The number of hydrogen-bond acceptors (Lipinski definition) is 7. The molecule has 0 radical (unpaired) electrons. The standard InChI is InChI=1S/C19H17ClN4O5/c1-11-21-17(24-29-11)10-28-16-6-4-3-5-13(16)18(25)22-23-19(26)14-9-12(20)7-8-15(14)27-2/h3-9H,10H2,1-2H3,(H,22,25)(H,23,26). The van der Waals surface area contributed by atoms with Gasteiger partial charge in [-0.3, -0.25) is 20.4 Å². The Kier molecular flexibility index (Phi) is 6.30. The Balaban J connectivity index is 1.66. The van der Waals surface area contributed by atoms with Gasteiger partial charge in [0, 0.05) is 11.9 Å². The number of amides is 2. The van der Waals surface area contributed by atoms with Gasteiger partial charge in [-0.1, -0.05) is 28.9 Å². The minimum Gasteiger partial charge on any atom is -0.496 e. The molecule has 0 aliphatic carbocycles. The highest BCUT2D eigenvalue weighted by Gasteiger charge is 2.17. The first-order valence-corrected chi connectivity index (χ1v) is 8.81. The van der Waals surface area contributed by atoms with Crippen LogP contribution in [0.5, 0.6) is 11.5 Å². The first kappa shape index (κ1) is 20.2. The molecule has 0 aliphatic heterocycles. The van der Waals surface area contributed by atoms with Crippen molar-refractivity contribution >= 4 is 23.4 Å². The van der Waals surface area contributed by atoms with Crippen molar-refractivity contribution in [3.8, 4) is 11.5 Å². The van der Waals surface area contributed by atoms with Crippen LogP contribution in [0.2, 0.25) is 5.02 Å². The van der Waals surface area contributed by atoms with Gasteiger partial charge in [0.15, 0.2) is 6.61 Å². The smallest absolute Gasteiger partial charge is 0.273 e. The van der Waals surface area contributed by atoms with Crippen LogP contribution in [-0.4, -0.2) is 29.1 Å². The summed E-state index contributed by atoms with van der Waals surface area (Å²) >= 11 is 5.93. The molecule has 0 unspecified atom stereocenters. The van der Waals surface area contributed by atoms with E-state index in [2.05, 4.69) is 21.0 Å². The second-order valence-corrected chi connectivity index (χ2v) is 6.20. The van der Waals surface area contributed by atoms with Crippen molar-refractivity contribution in [3.63, 3.8) is 0 Å². The summed E-state index contributed by atoms with van der Waals surface area (Å²) in [6, 6.07) is 11.1. The fourth-order valence-corrected chi connectivity index (χ4v) is 2.60. The Morgan fingerprint density at radius 3 is 2.48 bits per heavy atom. The molecule has 2 N–H and O–H groups in total. The van der Waals surface area contributed by atoms with E-state index in [-0.39, 0.29) is 17.7 Å². The first-order valence-electron chi connectivity index (χ1n) is 8.43. The number of rotatable bonds is 6. The maximum atomic E-state index is 12.5. The van der Waals surface area contributed by atoms with Crippen molar-refractivity contribution in [1.82, 2.24) is 21.0 Å². The zero-order valence-electron chi connectivity index (χ0n) is 15.6. The number of methoxy groups -OCH3 is 1. The third-order valence-corrected chi connectivity index (χ3v) is 3.99. The molecule has 2 aromatic carbocycles. The van der Waals surface area contributed by atoms with Crippen LogP contribution >= 0.6 is 11.6 Å². The summed E-state index contributed by atoms with van der Waals surface area (Å²) in [6.45, 7) is 1.68. The summed E-state index contributed by atoms with van der Waals surface area (Å²) in [5.41, 5.74) is 5.07. The molecular formula is C19H17ClN4O5. The van der Waals surface area contributed by atoms with Crippen LogP contribution in [0.25, 0.3) is 0 Å². The summed E-state index contributed by atoms with van der Waals surface area (Å²) in [7, 11) is 1.43. The summed E-state index contributed by atoms with van der Waals surface area (Å²) in [6.07, 6.45) is 0. The molecule has 2 amide bonds. The van der Waals surface area contributed by atoms with Crippen LogP contribution in [0.3, 0.4) is 0 Å². The monoisotopic (exact) mass is 416 g/mol. The van der Waals surface area contributed by atoms with E-state index in [0.29, 0.717) is 28.2 Å². The molecule has 150 valence electrons. The van der Waals surface area contributed by atoms with E-state index in [4.69, 9.17) is 25.6 Å². The molecule has 3 rings (SSSR count). The van der Waals surface area contributed by atoms with Gasteiger partial charge in [0.05, 0.1) is 18.2 Å². The second kappa shape index (κ2) is 9.07. The molecule has 0 bridgehead atoms. The zero-order valence-corrected chi connectivity index (χ0v) is 16.3. The Morgan fingerprint density at radius 1 is 1.07 bits per heavy atom. The highest BCUT2D eigenvalue weighted by molar-refractivity contribution is 6.31. The van der Waals surface area contributed by atoms with Crippen LogP contribution in [-0.2, 0) is 6.61 Å². The van der Waals surface area contributed by atoms with Crippen molar-refractivity contribution in [2.24, 2.45) is 0 Å². The van der Waals surface area contributed by atoms with E-state index < -0.39 is 11.8 Å². The lowest BCUT2D eigenvalue weighted by Gasteiger charge is -2.12. The van der Waals surface area contributed by atoms with Crippen molar-refractivity contribution in [2.75, 3.05) is 7.11 Å². The number of halogens is 1. The number of benzene rings is 2. The summed E-state index contributed by atoms with van der Waals surface area (Å²) in [4.78, 5) is 28.9. The maximum absolute atomic E-state index is 12.5. The predicted molar refractivity (Wildman–Crippen MR) is 103 cm³/mol. The van der Waals surface area contributed by atoms with Gasteiger partial charge < -0.3 is 14.0 Å². The number of hydrazine groups is 1. The number of carbonyl (C=O) groups is 2. The SMILES string of the molecule is COc1ccc(Cl)cc1C(=O)NNC(=O)c1ccccc1OCc1noc(C)n1. The molecule has 0 atom stereocenters. The van der Waals surface area contributed by atoms with Crippen molar-refractivity contribution in [2.45, 2.75) is 13.5 Å². The van der Waals surface area contributed by atoms with Gasteiger partial charge in [-0.15, -0.1) is 0 Å². The van der Waals surface area contributed by atoms with E-state index >= 15 is 0 Å². The van der Waals surface area contributed by atoms with Gasteiger partial charge in [-0.05, 0) is 30.3 Å². The largest absolute Gasteiger partial charge is 0.496 e. The number of aromatic nitrogens is 2. The number of nitrogens with one attached hydrogen (secondary N) is 2. The van der Waals surface area contributed by atoms with E-state index in [1.54, 1.807) is 43.3 Å². The molecule has 10 heteroatoms. The van der Waals surface area contributed by atoms with Crippen LogP contribution in [0.1, 0.15) is 32.4 Å². The third kappa shape index (κ3) is 5.02. The summed E-state index contributed by atoms with van der Waals surface area (Å²) in [5.74, 6) is 0.216. The number of hydrogen-bond donors (Lipinski definition) is 2. The van der Waals surface area contributed by atoms with Crippen LogP contribution < -0.4 is 20.3 Å². The lowest BCUT2D eigenvalue weighted by atomic mass is 10.2. The fraction of sp³-hybridized carbons (Fsp3) is 0.158. The average Bonchev–Trinajstić information content (AvgIpc) is 3.15. The molecular weight excluding hydrogens is 400 g/mol. The Bertz CT molecular complexity index is 1040. The van der Waals surface area contributed by atoms with Crippen LogP contribution in [0, 0.1) is 6.92 Å². The van der Waals surface area contributed by atoms with E-state index in [0.717, 1.165) is 0 Å². The minimum atomic E-state index is -0.585. The average molecular weight is 417 g/mol. The molecule has 0 spiro atoms. The van der Waals surface area contributed by atoms with Gasteiger partial charge in [-0.2, -0.15) is 4.98 Å².